The van der Waals surface area contributed by atoms with Gasteiger partial charge in [0.1, 0.15) is 18.1 Å². The lowest BCUT2D eigenvalue weighted by Crippen LogP contribution is -2.16. The lowest BCUT2D eigenvalue weighted by atomic mass is 10.1. The Morgan fingerprint density at radius 2 is 2.40 bits per heavy atom. The van der Waals surface area contributed by atoms with Crippen LogP contribution in [-0.4, -0.2) is 28.6 Å². The molecule has 1 aliphatic rings. The predicted molar refractivity (Wildman–Crippen MR) is 74.8 cm³/mol. The molecule has 1 aromatic carbocycles. The standard InChI is InChI=1S/C14H16N4O2/c1-18-9-16-8-12(18)14(19)17-11-2-3-13-10(6-11)7-15-4-5-20-13/h2-3,6,8-9,15H,4-5,7H2,1H3,(H,17,19). The number of hydrogen-bond acceptors (Lipinski definition) is 4. The van der Waals surface area contributed by atoms with Crippen LogP contribution in [0.5, 0.6) is 5.75 Å². The fraction of sp³-hybridized carbons (Fsp3) is 0.286. The Bertz CT molecular complexity index is 636. The molecule has 104 valence electrons. The summed E-state index contributed by atoms with van der Waals surface area (Å²) >= 11 is 0. The number of aryl methyl sites for hydroxylation is 1. The molecule has 2 heterocycles. The van der Waals surface area contributed by atoms with Crippen molar-refractivity contribution >= 4 is 11.6 Å². The van der Waals surface area contributed by atoms with E-state index in [9.17, 15) is 4.79 Å². The molecule has 1 aromatic heterocycles. The molecule has 20 heavy (non-hydrogen) atoms. The number of imidazole rings is 1. The maximum absolute atomic E-state index is 12.1. The van der Waals surface area contributed by atoms with Crippen LogP contribution < -0.4 is 15.4 Å². The topological polar surface area (TPSA) is 68.2 Å². The molecule has 0 spiro atoms. The summed E-state index contributed by atoms with van der Waals surface area (Å²) in [6.45, 7) is 2.23. The minimum atomic E-state index is -0.174. The van der Waals surface area contributed by atoms with Crippen molar-refractivity contribution in [2.75, 3.05) is 18.5 Å². The van der Waals surface area contributed by atoms with E-state index in [1.54, 1.807) is 24.1 Å². The van der Waals surface area contributed by atoms with Crippen LogP contribution in [0.2, 0.25) is 0 Å². The van der Waals surface area contributed by atoms with E-state index in [2.05, 4.69) is 15.6 Å². The van der Waals surface area contributed by atoms with Crippen molar-refractivity contribution in [2.45, 2.75) is 6.54 Å². The van der Waals surface area contributed by atoms with Gasteiger partial charge in [-0.2, -0.15) is 0 Å². The Labute approximate surface area is 116 Å². The first kappa shape index (κ1) is 12.7. The molecule has 1 amide bonds. The van der Waals surface area contributed by atoms with Gasteiger partial charge in [0, 0.05) is 31.4 Å². The Morgan fingerprint density at radius 1 is 1.50 bits per heavy atom. The Kier molecular flexibility index (Phi) is 3.39. The number of hydrogen-bond donors (Lipinski definition) is 2. The van der Waals surface area contributed by atoms with Crippen LogP contribution in [0.25, 0.3) is 0 Å². The summed E-state index contributed by atoms with van der Waals surface area (Å²) < 4.78 is 7.29. The highest BCUT2D eigenvalue weighted by atomic mass is 16.5. The smallest absolute Gasteiger partial charge is 0.273 e. The molecule has 6 heteroatoms. The van der Waals surface area contributed by atoms with Crippen molar-refractivity contribution < 1.29 is 9.53 Å². The van der Waals surface area contributed by atoms with Crippen molar-refractivity contribution in [3.63, 3.8) is 0 Å². The van der Waals surface area contributed by atoms with Crippen LogP contribution in [0, 0.1) is 0 Å². The first-order chi connectivity index (χ1) is 9.74. The molecule has 0 unspecified atom stereocenters. The number of ether oxygens (including phenoxy) is 1. The maximum Gasteiger partial charge on any atom is 0.273 e. The van der Waals surface area contributed by atoms with E-state index >= 15 is 0 Å². The van der Waals surface area contributed by atoms with Gasteiger partial charge in [-0.3, -0.25) is 4.79 Å². The third-order valence-electron chi connectivity index (χ3n) is 3.22. The summed E-state index contributed by atoms with van der Waals surface area (Å²) in [7, 11) is 1.79. The molecular weight excluding hydrogens is 256 g/mol. The van der Waals surface area contributed by atoms with Crippen LogP contribution >= 0.6 is 0 Å². The van der Waals surface area contributed by atoms with E-state index in [1.165, 1.54) is 0 Å². The van der Waals surface area contributed by atoms with Crippen molar-refractivity contribution in [2.24, 2.45) is 7.05 Å². The van der Waals surface area contributed by atoms with Gasteiger partial charge in [-0.15, -0.1) is 0 Å². The number of amides is 1. The number of carbonyl (C=O) groups is 1. The van der Waals surface area contributed by atoms with Crippen molar-refractivity contribution in [3.05, 3.63) is 42.0 Å². The van der Waals surface area contributed by atoms with Gasteiger partial charge in [0.05, 0.1) is 12.5 Å². The number of fused-ring (bicyclic) bond motifs is 1. The molecule has 0 aliphatic carbocycles. The second-order valence-electron chi connectivity index (χ2n) is 4.69. The summed E-state index contributed by atoms with van der Waals surface area (Å²) in [6, 6.07) is 5.67. The summed E-state index contributed by atoms with van der Waals surface area (Å²) in [5, 5.41) is 6.14. The van der Waals surface area contributed by atoms with Crippen molar-refractivity contribution in [1.82, 2.24) is 14.9 Å². The molecule has 0 saturated heterocycles. The van der Waals surface area contributed by atoms with Gasteiger partial charge in [-0.05, 0) is 18.2 Å². The highest BCUT2D eigenvalue weighted by Gasteiger charge is 2.13. The molecule has 0 atom stereocenters. The van der Waals surface area contributed by atoms with Gasteiger partial charge >= 0.3 is 0 Å². The first-order valence-electron chi connectivity index (χ1n) is 6.48. The van der Waals surface area contributed by atoms with Crippen LogP contribution in [0.1, 0.15) is 16.1 Å². The van der Waals surface area contributed by atoms with E-state index in [4.69, 9.17) is 4.74 Å². The minimum Gasteiger partial charge on any atom is -0.492 e. The zero-order valence-corrected chi connectivity index (χ0v) is 11.2. The summed E-state index contributed by atoms with van der Waals surface area (Å²) in [5.74, 6) is 0.695. The monoisotopic (exact) mass is 272 g/mol. The quantitative estimate of drug-likeness (QED) is 0.860. The number of nitrogens with zero attached hydrogens (tertiary/aromatic N) is 2. The average Bonchev–Trinajstić information content (AvgIpc) is 2.73. The largest absolute Gasteiger partial charge is 0.492 e. The van der Waals surface area contributed by atoms with Gasteiger partial charge in [0.25, 0.3) is 5.91 Å². The number of benzene rings is 1. The zero-order valence-electron chi connectivity index (χ0n) is 11.2. The molecular formula is C14H16N4O2. The molecule has 1 aliphatic heterocycles. The molecule has 0 bridgehead atoms. The maximum atomic E-state index is 12.1. The van der Waals surface area contributed by atoms with E-state index in [-0.39, 0.29) is 5.91 Å². The minimum absolute atomic E-state index is 0.174. The number of carbonyl (C=O) groups excluding carboxylic acids is 1. The summed E-state index contributed by atoms with van der Waals surface area (Å²) in [6.07, 6.45) is 3.15. The molecule has 6 nitrogen and oxygen atoms in total. The Morgan fingerprint density at radius 3 is 3.20 bits per heavy atom. The number of nitrogens with one attached hydrogen (secondary N) is 2. The lowest BCUT2D eigenvalue weighted by Gasteiger charge is -2.10. The van der Waals surface area contributed by atoms with Gasteiger partial charge < -0.3 is 19.9 Å². The number of aromatic nitrogens is 2. The molecule has 2 aromatic rings. The number of rotatable bonds is 2. The van der Waals surface area contributed by atoms with E-state index < -0.39 is 0 Å². The molecule has 2 N–H and O–H groups in total. The molecule has 3 rings (SSSR count). The van der Waals surface area contributed by atoms with E-state index in [0.717, 1.165) is 30.1 Å². The lowest BCUT2D eigenvalue weighted by molar-refractivity contribution is 0.101. The fourth-order valence-corrected chi connectivity index (χ4v) is 2.16. The summed E-state index contributed by atoms with van der Waals surface area (Å²) in [5.41, 5.74) is 2.32. The number of anilines is 1. The zero-order chi connectivity index (χ0) is 13.9. The highest BCUT2D eigenvalue weighted by Crippen LogP contribution is 2.24. The van der Waals surface area contributed by atoms with Crippen LogP contribution in [-0.2, 0) is 13.6 Å². The average molecular weight is 272 g/mol. The van der Waals surface area contributed by atoms with Crippen LogP contribution in [0.15, 0.2) is 30.7 Å². The Balaban J connectivity index is 1.80. The van der Waals surface area contributed by atoms with Crippen molar-refractivity contribution in [1.29, 1.82) is 0 Å². The third-order valence-corrected chi connectivity index (χ3v) is 3.22. The Hall–Kier alpha value is -2.34. The van der Waals surface area contributed by atoms with Crippen LogP contribution in [0.4, 0.5) is 5.69 Å². The molecule has 0 saturated carbocycles. The van der Waals surface area contributed by atoms with E-state index in [0.29, 0.717) is 12.3 Å². The van der Waals surface area contributed by atoms with E-state index in [1.807, 2.05) is 18.2 Å². The van der Waals surface area contributed by atoms with Gasteiger partial charge in [-0.25, -0.2) is 4.98 Å². The second kappa shape index (κ2) is 5.34. The second-order valence-corrected chi connectivity index (χ2v) is 4.69. The highest BCUT2D eigenvalue weighted by molar-refractivity contribution is 6.03. The van der Waals surface area contributed by atoms with Gasteiger partial charge in [0.2, 0.25) is 0 Å². The predicted octanol–water partition coefficient (Wildman–Crippen LogP) is 1.15. The normalized spacial score (nSPS) is 14.1. The fourth-order valence-electron chi connectivity index (χ4n) is 2.16. The molecule has 0 fully saturated rings. The third kappa shape index (κ3) is 2.50. The first-order valence-corrected chi connectivity index (χ1v) is 6.48. The van der Waals surface area contributed by atoms with Crippen LogP contribution in [0.3, 0.4) is 0 Å². The van der Waals surface area contributed by atoms with Crippen molar-refractivity contribution in [3.8, 4) is 5.75 Å². The van der Waals surface area contributed by atoms with Gasteiger partial charge in [-0.1, -0.05) is 0 Å². The molecule has 0 radical (unpaired) electrons. The SMILES string of the molecule is Cn1cncc1C(=O)Nc1ccc2c(c1)CNCCO2. The van der Waals surface area contributed by atoms with Gasteiger partial charge in [0.15, 0.2) is 0 Å². The summed E-state index contributed by atoms with van der Waals surface area (Å²) in [4.78, 5) is 16.1.